The van der Waals surface area contributed by atoms with Gasteiger partial charge in [-0.3, -0.25) is 4.57 Å². The molecule has 1 fully saturated rings. The number of hydrogen-bond acceptors (Lipinski definition) is 6. The molecule has 1 aromatic carbocycles. The summed E-state index contributed by atoms with van der Waals surface area (Å²) in [7, 11) is 0. The molecule has 0 saturated carbocycles. The van der Waals surface area contributed by atoms with Crippen molar-refractivity contribution in [3.8, 4) is 0 Å². The number of rotatable bonds is 5. The van der Waals surface area contributed by atoms with E-state index in [0.29, 0.717) is 22.8 Å². The van der Waals surface area contributed by atoms with Gasteiger partial charge in [0.05, 0.1) is 6.54 Å². The van der Waals surface area contributed by atoms with Gasteiger partial charge in [-0.15, -0.1) is 11.3 Å². The molecule has 3 aromatic rings. The predicted molar refractivity (Wildman–Crippen MR) is 105 cm³/mol. The number of alkyl halides is 3. The number of halogens is 4. The van der Waals surface area contributed by atoms with Crippen LogP contribution in [-0.4, -0.2) is 33.7 Å². The minimum Gasteiger partial charge on any atom is -0.369 e. The Balaban J connectivity index is 1.38. The fraction of sp³-hybridized carbons (Fsp3) is 0.316. The lowest BCUT2D eigenvalue weighted by Gasteiger charge is -2.19. The van der Waals surface area contributed by atoms with Crippen LogP contribution in [0.25, 0.3) is 0 Å². The van der Waals surface area contributed by atoms with Gasteiger partial charge < -0.3 is 10.2 Å². The molecule has 3 heterocycles. The summed E-state index contributed by atoms with van der Waals surface area (Å²) < 4.78 is 52.4. The Morgan fingerprint density at radius 3 is 2.60 bits per heavy atom. The fourth-order valence-electron chi connectivity index (χ4n) is 3.27. The number of thiophene rings is 1. The summed E-state index contributed by atoms with van der Waals surface area (Å²) in [5.41, 5.74) is 0.314. The maximum Gasteiger partial charge on any atom is 0.425 e. The van der Waals surface area contributed by atoms with Gasteiger partial charge in [0, 0.05) is 29.7 Å². The number of benzene rings is 1. The van der Waals surface area contributed by atoms with Crippen molar-refractivity contribution in [2.24, 2.45) is 0 Å². The maximum absolute atomic E-state index is 13.1. The van der Waals surface area contributed by atoms with Crippen LogP contribution in [0.3, 0.4) is 0 Å². The zero-order valence-corrected chi connectivity index (χ0v) is 16.4. The minimum atomic E-state index is -4.40. The zero-order valence-electron chi connectivity index (χ0n) is 15.6. The lowest BCUT2D eigenvalue weighted by atomic mass is 10.3. The third kappa shape index (κ3) is 4.61. The standard InChI is InChI=1S/C19H17F4N5OS/c20-12-1-3-14(4-2-12)27-8-7-13(9-27)25-17-24-11-28(18(29)26-17)10-15-5-6-16(30-15)19(21,22)23/h1-6,11,13H,7-10H2,(H,25,26,29)/t13-/m1/s1. The first-order valence-electron chi connectivity index (χ1n) is 9.14. The van der Waals surface area contributed by atoms with Gasteiger partial charge in [-0.25, -0.2) is 14.2 Å². The molecule has 2 aromatic heterocycles. The van der Waals surface area contributed by atoms with Gasteiger partial charge in [0.2, 0.25) is 5.95 Å². The molecule has 0 amide bonds. The molecule has 30 heavy (non-hydrogen) atoms. The molecule has 1 aliphatic heterocycles. The normalized spacial score (nSPS) is 16.8. The smallest absolute Gasteiger partial charge is 0.369 e. The topological polar surface area (TPSA) is 63.1 Å². The van der Waals surface area contributed by atoms with E-state index in [4.69, 9.17) is 0 Å². The van der Waals surface area contributed by atoms with E-state index >= 15 is 0 Å². The monoisotopic (exact) mass is 439 g/mol. The van der Waals surface area contributed by atoms with E-state index in [1.807, 2.05) is 0 Å². The molecule has 1 N–H and O–H groups in total. The molecule has 0 aliphatic carbocycles. The van der Waals surface area contributed by atoms with Gasteiger partial charge in [0.1, 0.15) is 17.0 Å². The molecule has 158 valence electrons. The van der Waals surface area contributed by atoms with Crippen LogP contribution in [0.2, 0.25) is 0 Å². The van der Waals surface area contributed by atoms with Crippen molar-refractivity contribution in [2.75, 3.05) is 23.3 Å². The zero-order chi connectivity index (χ0) is 21.3. The number of nitrogens with zero attached hydrogens (tertiary/aromatic N) is 4. The van der Waals surface area contributed by atoms with E-state index in [-0.39, 0.29) is 24.4 Å². The molecule has 0 unspecified atom stereocenters. The predicted octanol–water partition coefficient (Wildman–Crippen LogP) is 3.60. The Morgan fingerprint density at radius 1 is 1.17 bits per heavy atom. The minimum absolute atomic E-state index is 0.0111. The van der Waals surface area contributed by atoms with E-state index in [9.17, 15) is 22.4 Å². The molecule has 6 nitrogen and oxygen atoms in total. The van der Waals surface area contributed by atoms with Crippen LogP contribution in [0, 0.1) is 5.82 Å². The number of hydrogen-bond donors (Lipinski definition) is 1. The molecule has 4 rings (SSSR count). The van der Waals surface area contributed by atoms with Gasteiger partial charge in [-0.05, 0) is 42.8 Å². The van der Waals surface area contributed by atoms with Crippen LogP contribution in [0.1, 0.15) is 16.2 Å². The van der Waals surface area contributed by atoms with Crippen LogP contribution in [0.4, 0.5) is 29.2 Å². The van der Waals surface area contributed by atoms with Crippen LogP contribution < -0.4 is 15.9 Å². The molecular weight excluding hydrogens is 422 g/mol. The van der Waals surface area contributed by atoms with Gasteiger partial charge >= 0.3 is 11.9 Å². The van der Waals surface area contributed by atoms with Crippen LogP contribution in [-0.2, 0) is 12.7 Å². The summed E-state index contributed by atoms with van der Waals surface area (Å²) >= 11 is 0.588. The van der Waals surface area contributed by atoms with Crippen molar-refractivity contribution < 1.29 is 17.6 Å². The molecule has 0 radical (unpaired) electrons. The van der Waals surface area contributed by atoms with Crippen molar-refractivity contribution in [1.29, 1.82) is 0 Å². The summed E-state index contributed by atoms with van der Waals surface area (Å²) in [6.45, 7) is 1.38. The number of anilines is 2. The van der Waals surface area contributed by atoms with Gasteiger partial charge in [-0.2, -0.15) is 18.2 Å². The first-order valence-corrected chi connectivity index (χ1v) is 9.96. The van der Waals surface area contributed by atoms with Crippen molar-refractivity contribution in [1.82, 2.24) is 14.5 Å². The Labute approximate surface area is 172 Å². The average Bonchev–Trinajstić information content (AvgIpc) is 3.34. The lowest BCUT2D eigenvalue weighted by molar-refractivity contribution is -0.134. The van der Waals surface area contributed by atoms with E-state index in [0.717, 1.165) is 29.3 Å². The molecular formula is C19H17F4N5OS. The Kier molecular flexibility index (Phi) is 5.46. The SMILES string of the molecule is O=c1nc(N[C@@H]2CCN(c3ccc(F)cc3)C2)ncn1Cc1ccc(C(F)(F)F)s1. The molecule has 1 atom stereocenters. The number of aromatic nitrogens is 3. The average molecular weight is 439 g/mol. The summed E-state index contributed by atoms with van der Waals surface area (Å²) in [6.07, 6.45) is -2.34. The Hall–Kier alpha value is -2.95. The largest absolute Gasteiger partial charge is 0.425 e. The van der Waals surface area contributed by atoms with Crippen LogP contribution in [0.5, 0.6) is 0 Å². The van der Waals surface area contributed by atoms with E-state index < -0.39 is 16.7 Å². The first-order chi connectivity index (χ1) is 14.3. The van der Waals surface area contributed by atoms with Gasteiger partial charge in [0.15, 0.2) is 0 Å². The molecule has 0 spiro atoms. The van der Waals surface area contributed by atoms with Crippen molar-refractivity contribution in [2.45, 2.75) is 25.2 Å². The summed E-state index contributed by atoms with van der Waals surface area (Å²) in [5, 5.41) is 3.11. The summed E-state index contributed by atoms with van der Waals surface area (Å²) in [5.74, 6) is -0.122. The number of nitrogens with one attached hydrogen (secondary N) is 1. The van der Waals surface area contributed by atoms with Gasteiger partial charge in [-0.1, -0.05) is 0 Å². The Bertz CT molecular complexity index is 1080. The van der Waals surface area contributed by atoms with Gasteiger partial charge in [0.25, 0.3) is 0 Å². The first kappa shape index (κ1) is 20.3. The molecule has 1 saturated heterocycles. The highest BCUT2D eigenvalue weighted by molar-refractivity contribution is 7.12. The molecule has 1 aliphatic rings. The summed E-state index contributed by atoms with van der Waals surface area (Å²) in [4.78, 5) is 22.0. The van der Waals surface area contributed by atoms with Crippen LogP contribution >= 0.6 is 11.3 Å². The second kappa shape index (κ2) is 8.05. The van der Waals surface area contributed by atoms with E-state index in [2.05, 4.69) is 20.2 Å². The van der Waals surface area contributed by atoms with E-state index in [1.165, 1.54) is 24.5 Å². The third-order valence-corrected chi connectivity index (χ3v) is 5.86. The van der Waals surface area contributed by atoms with Crippen molar-refractivity contribution in [3.05, 3.63) is 68.8 Å². The second-order valence-electron chi connectivity index (χ2n) is 6.91. The third-order valence-electron chi connectivity index (χ3n) is 4.75. The highest BCUT2D eigenvalue weighted by Crippen LogP contribution is 2.34. The Morgan fingerprint density at radius 2 is 1.93 bits per heavy atom. The molecule has 11 heteroatoms. The molecule has 0 bridgehead atoms. The highest BCUT2D eigenvalue weighted by atomic mass is 32.1. The highest BCUT2D eigenvalue weighted by Gasteiger charge is 2.32. The quantitative estimate of drug-likeness (QED) is 0.616. The van der Waals surface area contributed by atoms with E-state index in [1.54, 1.807) is 12.1 Å². The maximum atomic E-state index is 13.1. The fourth-order valence-corrected chi connectivity index (χ4v) is 4.14. The lowest BCUT2D eigenvalue weighted by Crippen LogP contribution is -2.30. The van der Waals surface area contributed by atoms with Crippen molar-refractivity contribution >= 4 is 23.0 Å². The second-order valence-corrected chi connectivity index (χ2v) is 8.07. The summed E-state index contributed by atoms with van der Waals surface area (Å²) in [6, 6.07) is 8.59. The van der Waals surface area contributed by atoms with Crippen molar-refractivity contribution in [3.63, 3.8) is 0 Å². The van der Waals surface area contributed by atoms with Crippen LogP contribution in [0.15, 0.2) is 47.5 Å².